The number of imidazole rings is 1. The highest BCUT2D eigenvalue weighted by Crippen LogP contribution is 2.21. The molecule has 0 radical (unpaired) electrons. The molecule has 0 amide bonds. The van der Waals surface area contributed by atoms with E-state index in [1.807, 2.05) is 48.0 Å². The van der Waals surface area contributed by atoms with Crippen LogP contribution in [0.5, 0.6) is 0 Å². The summed E-state index contributed by atoms with van der Waals surface area (Å²) in [7, 11) is 0. The molecule has 2 aromatic heterocycles. The molecule has 0 unspecified atom stereocenters. The third-order valence-corrected chi connectivity index (χ3v) is 2.83. The molecule has 0 fully saturated rings. The smallest absolute Gasteiger partial charge is 0.140 e. The minimum Gasteiger partial charge on any atom is -0.398 e. The third kappa shape index (κ3) is 1.65. The first-order valence-corrected chi connectivity index (χ1v) is 5.54. The molecule has 2 N–H and O–H groups in total. The van der Waals surface area contributed by atoms with E-state index in [1.54, 1.807) is 0 Å². The van der Waals surface area contributed by atoms with E-state index >= 15 is 0 Å². The lowest BCUT2D eigenvalue weighted by molar-refractivity contribution is 1.17. The second-order valence-corrected chi connectivity index (χ2v) is 4.18. The molecule has 2 heterocycles. The molecular formula is C14H13N3. The Morgan fingerprint density at radius 2 is 1.88 bits per heavy atom. The molecule has 0 aliphatic carbocycles. The van der Waals surface area contributed by atoms with Crippen molar-refractivity contribution >= 4 is 11.3 Å². The highest BCUT2D eigenvalue weighted by Gasteiger charge is 2.06. The quantitative estimate of drug-likeness (QED) is 0.689. The van der Waals surface area contributed by atoms with E-state index in [0.29, 0.717) is 0 Å². The molecule has 1 aromatic carbocycles. The second kappa shape index (κ2) is 3.63. The predicted molar refractivity (Wildman–Crippen MR) is 69.8 cm³/mol. The molecule has 3 rings (SSSR count). The number of aryl methyl sites for hydroxylation is 1. The van der Waals surface area contributed by atoms with Gasteiger partial charge in [-0.05, 0) is 18.6 Å². The molecule has 3 heteroatoms. The topological polar surface area (TPSA) is 43.3 Å². The first-order valence-electron chi connectivity index (χ1n) is 5.54. The van der Waals surface area contributed by atoms with E-state index in [0.717, 1.165) is 28.2 Å². The van der Waals surface area contributed by atoms with Crippen molar-refractivity contribution < 1.29 is 0 Å². The van der Waals surface area contributed by atoms with Gasteiger partial charge < -0.3 is 10.1 Å². The van der Waals surface area contributed by atoms with E-state index < -0.39 is 0 Å². The monoisotopic (exact) mass is 223 g/mol. The summed E-state index contributed by atoms with van der Waals surface area (Å²) >= 11 is 0. The van der Waals surface area contributed by atoms with Gasteiger partial charge in [0.25, 0.3) is 0 Å². The average molecular weight is 223 g/mol. The Hall–Kier alpha value is -2.29. The molecule has 84 valence electrons. The van der Waals surface area contributed by atoms with Crippen molar-refractivity contribution in [3.8, 4) is 11.3 Å². The fourth-order valence-electron chi connectivity index (χ4n) is 2.04. The summed E-state index contributed by atoms with van der Waals surface area (Å²) in [6, 6.07) is 12.1. The van der Waals surface area contributed by atoms with Crippen molar-refractivity contribution in [3.05, 3.63) is 54.4 Å². The van der Waals surface area contributed by atoms with Crippen LogP contribution in [-0.4, -0.2) is 9.38 Å². The third-order valence-electron chi connectivity index (χ3n) is 2.83. The normalized spacial score (nSPS) is 10.9. The van der Waals surface area contributed by atoms with Gasteiger partial charge in [-0.15, -0.1) is 0 Å². The number of pyridine rings is 1. The van der Waals surface area contributed by atoms with Crippen LogP contribution in [0.1, 0.15) is 5.56 Å². The van der Waals surface area contributed by atoms with Crippen molar-refractivity contribution in [2.45, 2.75) is 6.92 Å². The van der Waals surface area contributed by atoms with Crippen molar-refractivity contribution in [2.24, 2.45) is 0 Å². The van der Waals surface area contributed by atoms with Crippen LogP contribution in [0, 0.1) is 6.92 Å². The number of nitrogens with zero attached hydrogens (tertiary/aromatic N) is 2. The Kier molecular flexibility index (Phi) is 2.11. The van der Waals surface area contributed by atoms with Crippen molar-refractivity contribution in [3.63, 3.8) is 0 Å². The Morgan fingerprint density at radius 1 is 1.12 bits per heavy atom. The van der Waals surface area contributed by atoms with Gasteiger partial charge >= 0.3 is 0 Å². The van der Waals surface area contributed by atoms with Crippen LogP contribution in [0.25, 0.3) is 16.9 Å². The van der Waals surface area contributed by atoms with Crippen molar-refractivity contribution in [2.75, 3.05) is 5.73 Å². The Bertz CT molecular complexity index is 669. The van der Waals surface area contributed by atoms with Crippen LogP contribution in [-0.2, 0) is 0 Å². The van der Waals surface area contributed by atoms with Gasteiger partial charge in [-0.25, -0.2) is 4.98 Å². The molecule has 0 aliphatic heterocycles. The van der Waals surface area contributed by atoms with Crippen LogP contribution < -0.4 is 5.73 Å². The molecule has 0 saturated heterocycles. The minimum atomic E-state index is 0.756. The van der Waals surface area contributed by atoms with Crippen LogP contribution in [0.3, 0.4) is 0 Å². The Labute approximate surface area is 99.5 Å². The maximum atomic E-state index is 5.82. The number of anilines is 1. The number of hydrogen-bond acceptors (Lipinski definition) is 2. The SMILES string of the molecule is Cc1cc(N)cn2cc(-c3ccccc3)nc12. The summed E-state index contributed by atoms with van der Waals surface area (Å²) in [5.41, 5.74) is 10.7. The molecule has 0 saturated carbocycles. The van der Waals surface area contributed by atoms with E-state index in [2.05, 4.69) is 17.1 Å². The molecule has 3 nitrogen and oxygen atoms in total. The summed E-state index contributed by atoms with van der Waals surface area (Å²) in [6.07, 6.45) is 3.90. The standard InChI is InChI=1S/C14H13N3/c1-10-7-12(15)8-17-9-13(16-14(10)17)11-5-3-2-4-6-11/h2-9H,15H2,1H3. The fourth-order valence-corrected chi connectivity index (χ4v) is 2.04. The number of fused-ring (bicyclic) bond motifs is 1. The van der Waals surface area contributed by atoms with Crippen LogP contribution in [0.4, 0.5) is 5.69 Å². The number of benzene rings is 1. The fraction of sp³-hybridized carbons (Fsp3) is 0.0714. The highest BCUT2D eigenvalue weighted by atomic mass is 15.0. The molecule has 0 atom stereocenters. The molecule has 17 heavy (non-hydrogen) atoms. The minimum absolute atomic E-state index is 0.756. The summed E-state index contributed by atoms with van der Waals surface area (Å²) in [4.78, 5) is 4.63. The number of hydrogen-bond donors (Lipinski definition) is 1. The van der Waals surface area contributed by atoms with Gasteiger partial charge in [0.2, 0.25) is 0 Å². The summed E-state index contributed by atoms with van der Waals surface area (Å²) in [5.74, 6) is 0. The van der Waals surface area contributed by atoms with E-state index in [9.17, 15) is 0 Å². The largest absolute Gasteiger partial charge is 0.398 e. The second-order valence-electron chi connectivity index (χ2n) is 4.18. The zero-order valence-electron chi connectivity index (χ0n) is 9.59. The molecule has 3 aromatic rings. The summed E-state index contributed by atoms with van der Waals surface area (Å²) in [6.45, 7) is 2.02. The maximum Gasteiger partial charge on any atom is 0.140 e. The van der Waals surface area contributed by atoms with E-state index in [-0.39, 0.29) is 0 Å². The lowest BCUT2D eigenvalue weighted by atomic mass is 10.2. The van der Waals surface area contributed by atoms with Crippen molar-refractivity contribution in [1.29, 1.82) is 0 Å². The maximum absolute atomic E-state index is 5.82. The van der Waals surface area contributed by atoms with Gasteiger partial charge in [-0.3, -0.25) is 0 Å². The number of aromatic nitrogens is 2. The van der Waals surface area contributed by atoms with E-state index in [4.69, 9.17) is 5.73 Å². The van der Waals surface area contributed by atoms with Crippen molar-refractivity contribution in [1.82, 2.24) is 9.38 Å². The Balaban J connectivity index is 2.24. The number of rotatable bonds is 1. The average Bonchev–Trinajstić information content (AvgIpc) is 2.74. The van der Waals surface area contributed by atoms with Gasteiger partial charge in [0, 0.05) is 23.6 Å². The molecular weight excluding hydrogens is 210 g/mol. The van der Waals surface area contributed by atoms with Gasteiger partial charge in [0.05, 0.1) is 5.69 Å². The van der Waals surface area contributed by atoms with Gasteiger partial charge in [-0.1, -0.05) is 30.3 Å². The number of nitrogens with two attached hydrogens (primary N) is 1. The van der Waals surface area contributed by atoms with Gasteiger partial charge in [-0.2, -0.15) is 0 Å². The molecule has 0 aliphatic rings. The van der Waals surface area contributed by atoms with Gasteiger partial charge in [0.1, 0.15) is 5.65 Å². The first kappa shape index (κ1) is 9.90. The van der Waals surface area contributed by atoms with Gasteiger partial charge in [0.15, 0.2) is 0 Å². The molecule has 0 spiro atoms. The van der Waals surface area contributed by atoms with Crippen LogP contribution in [0.2, 0.25) is 0 Å². The highest BCUT2D eigenvalue weighted by molar-refractivity contribution is 5.65. The van der Waals surface area contributed by atoms with Crippen LogP contribution in [0.15, 0.2) is 48.8 Å². The lowest BCUT2D eigenvalue weighted by Crippen LogP contribution is -1.92. The summed E-state index contributed by atoms with van der Waals surface area (Å²) < 4.78 is 1.98. The number of nitrogen functional groups attached to an aromatic ring is 1. The predicted octanol–water partition coefficient (Wildman–Crippen LogP) is 2.89. The first-order chi connectivity index (χ1) is 8.24. The lowest BCUT2D eigenvalue weighted by Gasteiger charge is -1.98. The van der Waals surface area contributed by atoms with Crippen LogP contribution >= 0.6 is 0 Å². The summed E-state index contributed by atoms with van der Waals surface area (Å²) in [5, 5.41) is 0. The zero-order chi connectivity index (χ0) is 11.8. The zero-order valence-corrected chi connectivity index (χ0v) is 9.59. The molecule has 0 bridgehead atoms. The Morgan fingerprint density at radius 3 is 2.65 bits per heavy atom. The van der Waals surface area contributed by atoms with E-state index in [1.165, 1.54) is 0 Å².